The highest BCUT2D eigenvalue weighted by atomic mass is 35.5. The molecule has 3 rings (SSSR count). The molecule has 1 atom stereocenters. The van der Waals surface area contributed by atoms with Crippen LogP contribution < -0.4 is 11.1 Å². The van der Waals surface area contributed by atoms with Gasteiger partial charge in [-0.1, -0.05) is 35.4 Å². The number of hydrogen-bond donors (Lipinski definition) is 2. The Morgan fingerprint density at radius 2 is 1.89 bits per heavy atom. The maximum atomic E-state index is 6.02. The minimum atomic E-state index is 0. The molecule has 0 amide bonds. The van der Waals surface area contributed by atoms with Crippen LogP contribution in [-0.4, -0.2) is 10.8 Å². The lowest BCUT2D eigenvalue weighted by Crippen LogP contribution is -2.40. The van der Waals surface area contributed by atoms with Crippen molar-refractivity contribution < 1.29 is 4.59 Å². The first-order valence-electron chi connectivity index (χ1n) is 5.22. The average Bonchev–Trinajstić information content (AvgIpc) is 2.82. The Morgan fingerprint density at radius 3 is 2.61 bits per heavy atom. The van der Waals surface area contributed by atoms with Gasteiger partial charge in [-0.2, -0.15) is 0 Å². The first-order chi connectivity index (χ1) is 7.81. The van der Waals surface area contributed by atoms with Crippen LogP contribution in [0.4, 0.5) is 0 Å². The molecule has 0 fully saturated rings. The van der Waals surface area contributed by atoms with Gasteiger partial charge in [0.2, 0.25) is 11.6 Å². The number of nitrogens with two attached hydrogens (primary N) is 1. The number of quaternary nitrogens is 1. The van der Waals surface area contributed by atoms with Crippen molar-refractivity contribution in [1.82, 2.24) is 5.32 Å². The number of hydrogen-bond acceptors (Lipinski definition) is 3. The Hall–Kier alpha value is -1.49. The van der Waals surface area contributed by atoms with Crippen LogP contribution in [0.5, 0.6) is 0 Å². The standard InChI is InChI=1S/C12H13N4.2ClH/c13-11-8-14-12-6-7-15-16(11,12)9-10-4-2-1-3-5-10;;/h1-8,14H,9,13H2;2*1H/q+1;;. The van der Waals surface area contributed by atoms with Crippen molar-refractivity contribution in [3.63, 3.8) is 0 Å². The predicted octanol–water partition coefficient (Wildman–Crippen LogP) is 2.05. The Morgan fingerprint density at radius 1 is 1.17 bits per heavy atom. The second-order valence-corrected chi connectivity index (χ2v) is 3.94. The molecular formula is C12H15Cl2N4+. The number of fused-ring (bicyclic) bond motifs is 1. The number of rotatable bonds is 2. The Bertz CT molecular complexity index is 510. The third-order valence-corrected chi connectivity index (χ3v) is 2.94. The van der Waals surface area contributed by atoms with Crippen molar-refractivity contribution in [3.8, 4) is 0 Å². The van der Waals surface area contributed by atoms with E-state index in [1.165, 1.54) is 5.56 Å². The summed E-state index contributed by atoms with van der Waals surface area (Å²) >= 11 is 0. The van der Waals surface area contributed by atoms with Gasteiger partial charge in [-0.25, -0.2) is 0 Å². The molecule has 4 nitrogen and oxygen atoms in total. The van der Waals surface area contributed by atoms with Crippen molar-refractivity contribution in [2.45, 2.75) is 6.54 Å². The molecule has 2 aliphatic rings. The van der Waals surface area contributed by atoms with E-state index in [9.17, 15) is 0 Å². The van der Waals surface area contributed by atoms with Crippen molar-refractivity contribution in [3.05, 3.63) is 59.8 Å². The van der Waals surface area contributed by atoms with Gasteiger partial charge in [-0.05, 0) is 0 Å². The van der Waals surface area contributed by atoms with E-state index in [2.05, 4.69) is 22.6 Å². The summed E-state index contributed by atoms with van der Waals surface area (Å²) in [7, 11) is 0. The number of nitrogens with one attached hydrogen (secondary N) is 1. The molecule has 3 N–H and O–H groups in total. The highest BCUT2D eigenvalue weighted by molar-refractivity contribution is 5.85. The van der Waals surface area contributed by atoms with E-state index in [0.29, 0.717) is 4.59 Å². The molecule has 2 aliphatic heterocycles. The monoisotopic (exact) mass is 285 g/mol. The summed E-state index contributed by atoms with van der Waals surface area (Å²) in [6, 6.07) is 10.2. The highest BCUT2D eigenvalue weighted by Crippen LogP contribution is 2.32. The molecule has 2 heterocycles. The fourth-order valence-electron chi connectivity index (χ4n) is 2.08. The Balaban J connectivity index is 0.000000810. The smallest absolute Gasteiger partial charge is 0.248 e. The molecule has 1 unspecified atom stereocenters. The van der Waals surface area contributed by atoms with Crippen molar-refractivity contribution in [2.75, 3.05) is 0 Å². The van der Waals surface area contributed by atoms with Gasteiger partial charge in [-0.15, -0.1) is 29.4 Å². The molecule has 0 radical (unpaired) electrons. The molecule has 1 aromatic carbocycles. The van der Waals surface area contributed by atoms with Crippen LogP contribution in [0.2, 0.25) is 0 Å². The van der Waals surface area contributed by atoms with Gasteiger partial charge in [0.15, 0.2) is 0 Å². The van der Waals surface area contributed by atoms with Crippen LogP contribution in [0.15, 0.2) is 59.4 Å². The average molecular weight is 286 g/mol. The van der Waals surface area contributed by atoms with Crippen LogP contribution in [-0.2, 0) is 6.54 Å². The van der Waals surface area contributed by atoms with Crippen LogP contribution >= 0.6 is 24.8 Å². The molecule has 6 heteroatoms. The molecule has 18 heavy (non-hydrogen) atoms. The second kappa shape index (κ2) is 5.44. The van der Waals surface area contributed by atoms with Gasteiger partial charge in [0, 0.05) is 11.6 Å². The number of benzene rings is 1. The summed E-state index contributed by atoms with van der Waals surface area (Å²) in [5.41, 5.74) is 7.23. The lowest BCUT2D eigenvalue weighted by molar-refractivity contribution is -0.870. The van der Waals surface area contributed by atoms with E-state index in [0.717, 1.165) is 18.2 Å². The van der Waals surface area contributed by atoms with Crippen molar-refractivity contribution >= 4 is 31.0 Å². The molecule has 0 spiro atoms. The topological polar surface area (TPSA) is 50.4 Å². The summed E-state index contributed by atoms with van der Waals surface area (Å²) in [4.78, 5) is 0. The van der Waals surface area contributed by atoms with Gasteiger partial charge in [0.25, 0.3) is 0 Å². The fraction of sp³-hybridized carbons (Fsp3) is 0.0833. The maximum absolute atomic E-state index is 6.02. The van der Waals surface area contributed by atoms with Gasteiger partial charge in [-0.3, -0.25) is 0 Å². The highest BCUT2D eigenvalue weighted by Gasteiger charge is 2.43. The number of halogens is 2. The molecule has 0 aliphatic carbocycles. The van der Waals surface area contributed by atoms with Gasteiger partial charge in [0.1, 0.15) is 6.54 Å². The molecule has 96 valence electrons. The summed E-state index contributed by atoms with van der Waals surface area (Å²) < 4.78 is 0.351. The minimum Gasteiger partial charge on any atom is -0.351 e. The summed E-state index contributed by atoms with van der Waals surface area (Å²) in [6.45, 7) is 0.749. The van der Waals surface area contributed by atoms with Crippen LogP contribution in [0.3, 0.4) is 0 Å². The van der Waals surface area contributed by atoms with E-state index in [1.807, 2.05) is 30.5 Å². The van der Waals surface area contributed by atoms with E-state index in [-0.39, 0.29) is 24.8 Å². The number of allylic oxidation sites excluding steroid dienone is 1. The first-order valence-corrected chi connectivity index (χ1v) is 5.22. The summed E-state index contributed by atoms with van der Waals surface area (Å²) in [5, 5.41) is 7.62. The Labute approximate surface area is 118 Å². The molecule has 0 saturated heterocycles. The van der Waals surface area contributed by atoms with E-state index < -0.39 is 0 Å². The van der Waals surface area contributed by atoms with E-state index in [4.69, 9.17) is 5.73 Å². The third kappa shape index (κ3) is 2.10. The van der Waals surface area contributed by atoms with Gasteiger partial charge in [0.05, 0.1) is 12.4 Å². The molecule has 0 saturated carbocycles. The summed E-state index contributed by atoms with van der Waals surface area (Å²) in [5.74, 6) is 1.74. The van der Waals surface area contributed by atoms with Crippen molar-refractivity contribution in [1.29, 1.82) is 0 Å². The SMILES string of the molecule is Cl.Cl.NC1=CNC2=CC=N[N+]12Cc1ccccc1. The molecule has 1 aromatic rings. The molecule has 0 bridgehead atoms. The first kappa shape index (κ1) is 14.6. The zero-order valence-electron chi connectivity index (χ0n) is 9.61. The second-order valence-electron chi connectivity index (χ2n) is 3.94. The lowest BCUT2D eigenvalue weighted by atomic mass is 10.2. The van der Waals surface area contributed by atoms with Gasteiger partial charge >= 0.3 is 0 Å². The zero-order chi connectivity index (χ0) is 11.0. The van der Waals surface area contributed by atoms with E-state index in [1.54, 1.807) is 6.21 Å². The fourth-order valence-corrected chi connectivity index (χ4v) is 2.08. The largest absolute Gasteiger partial charge is 0.351 e. The van der Waals surface area contributed by atoms with Crippen LogP contribution in [0, 0.1) is 0 Å². The summed E-state index contributed by atoms with van der Waals surface area (Å²) in [6.07, 6.45) is 5.57. The third-order valence-electron chi connectivity index (χ3n) is 2.94. The lowest BCUT2D eigenvalue weighted by Gasteiger charge is -2.24. The predicted molar refractivity (Wildman–Crippen MR) is 76.9 cm³/mol. The maximum Gasteiger partial charge on any atom is 0.248 e. The zero-order valence-corrected chi connectivity index (χ0v) is 11.2. The van der Waals surface area contributed by atoms with Gasteiger partial charge < -0.3 is 11.1 Å². The normalized spacial score (nSPS) is 23.1. The minimum absolute atomic E-state index is 0. The van der Waals surface area contributed by atoms with Crippen molar-refractivity contribution in [2.24, 2.45) is 10.8 Å². The number of nitrogens with zero attached hydrogens (tertiary/aromatic N) is 2. The Kier molecular flexibility index (Phi) is 4.40. The van der Waals surface area contributed by atoms with Crippen LogP contribution in [0.25, 0.3) is 0 Å². The molecular weight excluding hydrogens is 271 g/mol. The quantitative estimate of drug-likeness (QED) is 0.817. The molecule has 0 aromatic heterocycles. The van der Waals surface area contributed by atoms with Crippen LogP contribution in [0.1, 0.15) is 5.56 Å². The van der Waals surface area contributed by atoms with E-state index >= 15 is 0 Å².